The highest BCUT2D eigenvalue weighted by atomic mass is 16.5. The molecule has 2 aromatic rings. The molecule has 1 heterocycles. The third-order valence-corrected chi connectivity index (χ3v) is 3.47. The predicted molar refractivity (Wildman–Crippen MR) is 93.9 cm³/mol. The largest absolute Gasteiger partial charge is 0.462 e. The van der Waals surface area contributed by atoms with Crippen molar-refractivity contribution in [3.63, 3.8) is 0 Å². The van der Waals surface area contributed by atoms with E-state index in [1.165, 1.54) is 6.07 Å². The third-order valence-electron chi connectivity index (χ3n) is 3.47. The molecular formula is C18H23N3O3. The monoisotopic (exact) mass is 329 g/mol. The summed E-state index contributed by atoms with van der Waals surface area (Å²) in [7, 11) is 0. The van der Waals surface area contributed by atoms with Gasteiger partial charge >= 0.3 is 5.97 Å². The van der Waals surface area contributed by atoms with Crippen LogP contribution in [0.25, 0.3) is 0 Å². The molecule has 0 spiro atoms. The molecule has 6 heteroatoms. The van der Waals surface area contributed by atoms with Crippen LogP contribution in [-0.2, 0) is 4.74 Å². The van der Waals surface area contributed by atoms with Gasteiger partial charge in [0.15, 0.2) is 0 Å². The van der Waals surface area contributed by atoms with Gasteiger partial charge in [-0.3, -0.25) is 9.78 Å². The summed E-state index contributed by atoms with van der Waals surface area (Å²) in [5.41, 5.74) is 1.74. The molecular weight excluding hydrogens is 306 g/mol. The first-order valence-electron chi connectivity index (χ1n) is 8.15. The first kappa shape index (κ1) is 17.7. The minimum absolute atomic E-state index is 0.160. The molecule has 0 aliphatic carbocycles. The van der Waals surface area contributed by atoms with E-state index in [4.69, 9.17) is 4.74 Å². The normalized spacial score (nSPS) is 10.7. The van der Waals surface area contributed by atoms with Crippen LogP contribution in [0.2, 0.25) is 0 Å². The minimum atomic E-state index is -0.330. The number of anilines is 2. The first-order chi connectivity index (χ1) is 11.5. The number of nitrogens with zero attached hydrogens (tertiary/aromatic N) is 1. The number of esters is 1. The molecule has 24 heavy (non-hydrogen) atoms. The van der Waals surface area contributed by atoms with Crippen LogP contribution in [0.1, 0.15) is 55.6 Å². The standard InChI is InChI=1S/C18H23N3O3/c1-4-5-10-24-17(23)13-6-8-14(9-7-13)19-18-20-15(12(2)3)11-16(22)21-18/h6-9,11-12H,4-5,10H2,1-3H3,(H2,19,20,21,22). The maximum Gasteiger partial charge on any atom is 0.338 e. The molecule has 1 aromatic heterocycles. The van der Waals surface area contributed by atoms with Gasteiger partial charge in [0.05, 0.1) is 17.9 Å². The van der Waals surface area contributed by atoms with Gasteiger partial charge in [-0.15, -0.1) is 0 Å². The van der Waals surface area contributed by atoms with E-state index in [1.54, 1.807) is 24.3 Å². The van der Waals surface area contributed by atoms with Gasteiger partial charge in [0.1, 0.15) is 0 Å². The molecule has 128 valence electrons. The predicted octanol–water partition coefficient (Wildman–Crippen LogP) is 3.59. The van der Waals surface area contributed by atoms with E-state index in [0.29, 0.717) is 18.1 Å². The van der Waals surface area contributed by atoms with Gasteiger partial charge in [0, 0.05) is 11.8 Å². The number of benzene rings is 1. The molecule has 0 radical (unpaired) electrons. The smallest absolute Gasteiger partial charge is 0.338 e. The van der Waals surface area contributed by atoms with Crippen molar-refractivity contribution in [2.45, 2.75) is 39.5 Å². The van der Waals surface area contributed by atoms with Crippen LogP contribution >= 0.6 is 0 Å². The Kier molecular flexibility index (Phi) is 6.12. The summed E-state index contributed by atoms with van der Waals surface area (Å²) >= 11 is 0. The highest BCUT2D eigenvalue weighted by Crippen LogP contribution is 2.16. The average molecular weight is 329 g/mol. The molecule has 0 aliphatic rings. The number of aromatic amines is 1. The fourth-order valence-corrected chi connectivity index (χ4v) is 2.05. The number of aromatic nitrogens is 2. The number of hydrogen-bond acceptors (Lipinski definition) is 5. The lowest BCUT2D eigenvalue weighted by molar-refractivity contribution is 0.0500. The third kappa shape index (κ3) is 4.94. The van der Waals surface area contributed by atoms with E-state index >= 15 is 0 Å². The van der Waals surface area contributed by atoms with Crippen LogP contribution < -0.4 is 10.9 Å². The Bertz CT molecular complexity index is 736. The molecule has 1 aromatic carbocycles. The number of ether oxygens (including phenoxy) is 1. The van der Waals surface area contributed by atoms with Crippen LogP contribution in [0, 0.1) is 0 Å². The average Bonchev–Trinajstić information content (AvgIpc) is 2.55. The van der Waals surface area contributed by atoms with Crippen LogP contribution in [0.4, 0.5) is 11.6 Å². The lowest BCUT2D eigenvalue weighted by Gasteiger charge is -2.09. The Labute approximate surface area is 141 Å². The van der Waals surface area contributed by atoms with Crippen molar-refractivity contribution in [2.24, 2.45) is 0 Å². The van der Waals surface area contributed by atoms with Crippen molar-refractivity contribution in [1.29, 1.82) is 0 Å². The molecule has 2 rings (SSSR count). The number of hydrogen-bond donors (Lipinski definition) is 2. The topological polar surface area (TPSA) is 84.1 Å². The van der Waals surface area contributed by atoms with Crippen LogP contribution in [0.5, 0.6) is 0 Å². The van der Waals surface area contributed by atoms with Gasteiger partial charge in [-0.25, -0.2) is 9.78 Å². The fourth-order valence-electron chi connectivity index (χ4n) is 2.05. The van der Waals surface area contributed by atoms with Gasteiger partial charge in [-0.1, -0.05) is 27.2 Å². The maximum atomic E-state index is 11.9. The molecule has 0 saturated heterocycles. The van der Waals surface area contributed by atoms with Crippen molar-refractivity contribution in [3.05, 3.63) is 51.9 Å². The number of carbonyl (C=O) groups is 1. The highest BCUT2D eigenvalue weighted by molar-refractivity contribution is 5.89. The summed E-state index contributed by atoms with van der Waals surface area (Å²) in [5.74, 6) is 0.209. The summed E-state index contributed by atoms with van der Waals surface area (Å²) in [4.78, 5) is 30.6. The summed E-state index contributed by atoms with van der Waals surface area (Å²) in [5, 5.41) is 3.04. The van der Waals surface area contributed by atoms with E-state index in [9.17, 15) is 9.59 Å². The Morgan fingerprint density at radius 1 is 1.29 bits per heavy atom. The number of carbonyl (C=O) groups excluding carboxylic acids is 1. The number of nitrogens with one attached hydrogen (secondary N) is 2. The quantitative estimate of drug-likeness (QED) is 0.599. The number of H-pyrrole nitrogens is 1. The molecule has 0 fully saturated rings. The Balaban J connectivity index is 2.06. The molecule has 0 amide bonds. The summed E-state index contributed by atoms with van der Waals surface area (Å²) in [6.45, 7) is 6.43. The molecule has 0 unspecified atom stereocenters. The second-order valence-corrected chi connectivity index (χ2v) is 5.87. The zero-order chi connectivity index (χ0) is 17.5. The van der Waals surface area contributed by atoms with E-state index in [0.717, 1.165) is 24.2 Å². The van der Waals surface area contributed by atoms with E-state index in [-0.39, 0.29) is 17.4 Å². The molecule has 0 atom stereocenters. The zero-order valence-electron chi connectivity index (χ0n) is 14.3. The van der Waals surface area contributed by atoms with Crippen LogP contribution in [0.3, 0.4) is 0 Å². The van der Waals surface area contributed by atoms with Crippen molar-refractivity contribution in [2.75, 3.05) is 11.9 Å². The first-order valence-corrected chi connectivity index (χ1v) is 8.15. The Hall–Kier alpha value is -2.63. The van der Waals surface area contributed by atoms with Gasteiger partial charge in [-0.2, -0.15) is 0 Å². The van der Waals surface area contributed by atoms with E-state index in [2.05, 4.69) is 15.3 Å². The Morgan fingerprint density at radius 2 is 2.00 bits per heavy atom. The van der Waals surface area contributed by atoms with Crippen molar-refractivity contribution in [1.82, 2.24) is 9.97 Å². The zero-order valence-corrected chi connectivity index (χ0v) is 14.3. The molecule has 0 aliphatic heterocycles. The maximum absolute atomic E-state index is 11.9. The van der Waals surface area contributed by atoms with Gasteiger partial charge in [0.2, 0.25) is 5.95 Å². The van der Waals surface area contributed by atoms with E-state index < -0.39 is 0 Å². The van der Waals surface area contributed by atoms with Crippen LogP contribution in [0.15, 0.2) is 35.1 Å². The Morgan fingerprint density at radius 3 is 2.62 bits per heavy atom. The summed E-state index contributed by atoms with van der Waals surface area (Å²) < 4.78 is 5.17. The number of rotatable bonds is 7. The van der Waals surface area contributed by atoms with Gasteiger partial charge in [-0.05, 0) is 36.6 Å². The molecule has 0 bridgehead atoms. The molecule has 0 saturated carbocycles. The van der Waals surface area contributed by atoms with Gasteiger partial charge in [0.25, 0.3) is 5.56 Å². The van der Waals surface area contributed by atoms with Crippen molar-refractivity contribution < 1.29 is 9.53 Å². The second-order valence-electron chi connectivity index (χ2n) is 5.87. The molecule has 6 nitrogen and oxygen atoms in total. The van der Waals surface area contributed by atoms with Crippen molar-refractivity contribution in [3.8, 4) is 0 Å². The fraction of sp³-hybridized carbons (Fsp3) is 0.389. The summed E-state index contributed by atoms with van der Waals surface area (Å²) in [6.07, 6.45) is 1.84. The van der Waals surface area contributed by atoms with Gasteiger partial charge < -0.3 is 10.1 Å². The molecule has 2 N–H and O–H groups in total. The second kappa shape index (κ2) is 8.29. The summed E-state index contributed by atoms with van der Waals surface area (Å²) in [6, 6.07) is 8.35. The highest BCUT2D eigenvalue weighted by Gasteiger charge is 2.08. The SMILES string of the molecule is CCCCOC(=O)c1ccc(Nc2nc(C(C)C)cc(=O)[nH]2)cc1. The van der Waals surface area contributed by atoms with Crippen molar-refractivity contribution >= 4 is 17.6 Å². The van der Waals surface area contributed by atoms with E-state index in [1.807, 2.05) is 20.8 Å². The lowest BCUT2D eigenvalue weighted by atomic mass is 10.1. The lowest BCUT2D eigenvalue weighted by Crippen LogP contribution is -2.13. The van der Waals surface area contributed by atoms with Crippen LogP contribution in [-0.4, -0.2) is 22.5 Å². The minimum Gasteiger partial charge on any atom is -0.462 e. The number of unbranched alkanes of at least 4 members (excludes halogenated alkanes) is 1.